The second-order valence-corrected chi connectivity index (χ2v) is 4.56. The number of aryl methyl sites for hydroxylation is 2. The molecule has 1 unspecified atom stereocenters. The highest BCUT2D eigenvalue weighted by molar-refractivity contribution is 5.92. The van der Waals surface area contributed by atoms with Crippen LogP contribution in [0.3, 0.4) is 0 Å². The van der Waals surface area contributed by atoms with Crippen molar-refractivity contribution in [3.05, 3.63) is 17.5 Å². The van der Waals surface area contributed by atoms with Crippen LogP contribution in [0.5, 0.6) is 0 Å². The van der Waals surface area contributed by atoms with Crippen molar-refractivity contribution in [2.45, 2.75) is 40.7 Å². The topological polar surface area (TPSA) is 61.9 Å². The molecule has 0 aliphatic heterocycles. The Morgan fingerprint density at radius 3 is 2.68 bits per heavy atom. The summed E-state index contributed by atoms with van der Waals surface area (Å²) < 4.78 is 1.74. The minimum atomic E-state index is -0.160. The number of hydrogen-bond donors (Lipinski definition) is 0. The summed E-state index contributed by atoms with van der Waals surface area (Å²) in [6, 6.07) is 4.02. The Bertz CT molecular complexity index is 472. The van der Waals surface area contributed by atoms with Gasteiger partial charge < -0.3 is 4.90 Å². The lowest BCUT2D eigenvalue weighted by Gasteiger charge is -2.22. The van der Waals surface area contributed by atoms with Crippen LogP contribution >= 0.6 is 0 Å². The average Bonchev–Trinajstić information content (AvgIpc) is 2.86. The summed E-state index contributed by atoms with van der Waals surface area (Å²) in [5, 5.41) is 13.3. The van der Waals surface area contributed by atoms with E-state index in [1.807, 2.05) is 33.8 Å². The maximum Gasteiger partial charge on any atom is 0.272 e. The third-order valence-electron chi connectivity index (χ3n) is 3.10. The van der Waals surface area contributed by atoms with Crippen LogP contribution in [0.15, 0.2) is 6.07 Å². The van der Waals surface area contributed by atoms with Crippen LogP contribution in [0, 0.1) is 17.2 Å². The lowest BCUT2D eigenvalue weighted by atomic mass is 10.2. The highest BCUT2D eigenvalue weighted by atomic mass is 16.2. The van der Waals surface area contributed by atoms with E-state index in [0.717, 1.165) is 12.1 Å². The molecule has 0 aromatic carbocycles. The van der Waals surface area contributed by atoms with Crippen molar-refractivity contribution in [3.63, 3.8) is 0 Å². The van der Waals surface area contributed by atoms with Gasteiger partial charge in [0.2, 0.25) is 0 Å². The number of carbonyl (C=O) groups excluding carboxylic acids is 1. The summed E-state index contributed by atoms with van der Waals surface area (Å²) in [5.41, 5.74) is 1.54. The van der Waals surface area contributed by atoms with Crippen LogP contribution < -0.4 is 0 Å². The zero-order valence-electron chi connectivity index (χ0n) is 12.2. The van der Waals surface area contributed by atoms with E-state index in [0.29, 0.717) is 25.3 Å². The van der Waals surface area contributed by atoms with Crippen molar-refractivity contribution < 1.29 is 4.79 Å². The molecule has 0 radical (unpaired) electrons. The smallest absolute Gasteiger partial charge is 0.272 e. The Hall–Kier alpha value is -1.83. The number of nitrogens with zero attached hydrogens (tertiary/aromatic N) is 4. The van der Waals surface area contributed by atoms with E-state index in [1.165, 1.54) is 0 Å². The second kappa shape index (κ2) is 6.93. The van der Waals surface area contributed by atoms with Crippen molar-refractivity contribution in [3.8, 4) is 6.07 Å². The van der Waals surface area contributed by atoms with Gasteiger partial charge in [0.1, 0.15) is 5.69 Å². The molecule has 5 nitrogen and oxygen atoms in total. The predicted molar refractivity (Wildman–Crippen MR) is 73.6 cm³/mol. The third kappa shape index (κ3) is 3.57. The van der Waals surface area contributed by atoms with E-state index in [9.17, 15) is 4.79 Å². The molecule has 0 saturated carbocycles. The molecular formula is C14H22N4O. The van der Waals surface area contributed by atoms with Gasteiger partial charge in [0.15, 0.2) is 0 Å². The van der Waals surface area contributed by atoms with Crippen molar-refractivity contribution in [2.75, 3.05) is 13.1 Å². The number of rotatable bonds is 6. The molecule has 0 spiro atoms. The van der Waals surface area contributed by atoms with Gasteiger partial charge in [-0.05, 0) is 33.3 Å². The Balaban J connectivity index is 2.97. The molecule has 1 aromatic rings. The molecule has 19 heavy (non-hydrogen) atoms. The molecule has 5 heteroatoms. The van der Waals surface area contributed by atoms with Gasteiger partial charge in [-0.25, -0.2) is 0 Å². The van der Waals surface area contributed by atoms with Gasteiger partial charge in [-0.3, -0.25) is 9.48 Å². The minimum absolute atomic E-state index is 0.0429. The van der Waals surface area contributed by atoms with Crippen LogP contribution in [0.1, 0.15) is 43.9 Å². The highest BCUT2D eigenvalue weighted by Crippen LogP contribution is 2.11. The van der Waals surface area contributed by atoms with Crippen molar-refractivity contribution in [2.24, 2.45) is 5.92 Å². The van der Waals surface area contributed by atoms with Crippen molar-refractivity contribution in [1.82, 2.24) is 14.7 Å². The van der Waals surface area contributed by atoms with Gasteiger partial charge in [0.05, 0.1) is 17.7 Å². The molecule has 1 atom stereocenters. The van der Waals surface area contributed by atoms with Crippen molar-refractivity contribution >= 4 is 5.91 Å². The Kier molecular flexibility index (Phi) is 5.56. The number of amides is 1. The summed E-state index contributed by atoms with van der Waals surface area (Å²) in [7, 11) is 0. The Labute approximate surface area is 114 Å². The molecular weight excluding hydrogens is 240 g/mol. The van der Waals surface area contributed by atoms with Crippen LogP contribution in [0.2, 0.25) is 0 Å². The van der Waals surface area contributed by atoms with Gasteiger partial charge in [-0.1, -0.05) is 6.92 Å². The molecule has 0 fully saturated rings. The fraction of sp³-hybridized carbons (Fsp3) is 0.643. The maximum atomic E-state index is 12.5. The Morgan fingerprint density at radius 1 is 1.53 bits per heavy atom. The largest absolute Gasteiger partial charge is 0.336 e. The van der Waals surface area contributed by atoms with E-state index in [4.69, 9.17) is 5.26 Å². The van der Waals surface area contributed by atoms with Gasteiger partial charge >= 0.3 is 0 Å². The first-order chi connectivity index (χ1) is 9.07. The quantitative estimate of drug-likeness (QED) is 0.788. The van der Waals surface area contributed by atoms with Crippen LogP contribution in [0.4, 0.5) is 0 Å². The summed E-state index contributed by atoms with van der Waals surface area (Å²) in [5.74, 6) is -0.203. The monoisotopic (exact) mass is 262 g/mol. The number of carbonyl (C=O) groups is 1. The van der Waals surface area contributed by atoms with E-state index in [2.05, 4.69) is 11.2 Å². The number of aromatic nitrogens is 2. The van der Waals surface area contributed by atoms with Crippen LogP contribution in [0.25, 0.3) is 0 Å². The standard InChI is InChI=1S/C14H22N4O/c1-5-12-8-13(18(7-3)16-12)14(19)17(6-2)10-11(4)9-15/h8,11H,5-7,10H2,1-4H3. The normalized spacial score (nSPS) is 11.9. The summed E-state index contributed by atoms with van der Waals surface area (Å²) in [4.78, 5) is 14.2. The molecule has 0 aliphatic carbocycles. The van der Waals surface area contributed by atoms with Gasteiger partial charge in [0, 0.05) is 19.6 Å². The van der Waals surface area contributed by atoms with E-state index in [-0.39, 0.29) is 11.8 Å². The molecule has 1 amide bonds. The first-order valence-corrected chi connectivity index (χ1v) is 6.82. The first-order valence-electron chi connectivity index (χ1n) is 6.82. The molecule has 0 saturated heterocycles. The predicted octanol–water partition coefficient (Wildman–Crippen LogP) is 2.09. The first kappa shape index (κ1) is 15.2. The SMILES string of the molecule is CCc1cc(C(=O)N(CC)CC(C)C#N)n(CC)n1. The van der Waals surface area contributed by atoms with Gasteiger partial charge in [0.25, 0.3) is 5.91 Å². The van der Waals surface area contributed by atoms with E-state index in [1.54, 1.807) is 9.58 Å². The van der Waals surface area contributed by atoms with Gasteiger partial charge in [-0.2, -0.15) is 10.4 Å². The second-order valence-electron chi connectivity index (χ2n) is 4.56. The minimum Gasteiger partial charge on any atom is -0.336 e. The molecule has 104 valence electrons. The van der Waals surface area contributed by atoms with Crippen molar-refractivity contribution in [1.29, 1.82) is 5.26 Å². The lowest BCUT2D eigenvalue weighted by molar-refractivity contribution is 0.0740. The number of hydrogen-bond acceptors (Lipinski definition) is 3. The summed E-state index contributed by atoms with van der Waals surface area (Å²) >= 11 is 0. The van der Waals surface area contributed by atoms with Crippen LogP contribution in [-0.4, -0.2) is 33.7 Å². The molecule has 0 bridgehead atoms. The summed E-state index contributed by atoms with van der Waals surface area (Å²) in [6.45, 7) is 9.47. The highest BCUT2D eigenvalue weighted by Gasteiger charge is 2.21. The Morgan fingerprint density at radius 2 is 2.21 bits per heavy atom. The molecule has 1 rings (SSSR count). The molecule has 1 heterocycles. The molecule has 0 N–H and O–H groups in total. The fourth-order valence-corrected chi connectivity index (χ4v) is 1.95. The lowest BCUT2D eigenvalue weighted by Crippen LogP contribution is -2.35. The summed E-state index contributed by atoms with van der Waals surface area (Å²) in [6.07, 6.45) is 0.813. The van der Waals surface area contributed by atoms with Crippen LogP contribution in [-0.2, 0) is 13.0 Å². The van der Waals surface area contributed by atoms with Gasteiger partial charge in [-0.15, -0.1) is 0 Å². The number of nitriles is 1. The van der Waals surface area contributed by atoms with E-state index < -0.39 is 0 Å². The average molecular weight is 262 g/mol. The zero-order valence-corrected chi connectivity index (χ0v) is 12.2. The third-order valence-corrected chi connectivity index (χ3v) is 3.10. The fourth-order valence-electron chi connectivity index (χ4n) is 1.95. The van der Waals surface area contributed by atoms with E-state index >= 15 is 0 Å². The molecule has 0 aliphatic rings. The maximum absolute atomic E-state index is 12.5. The zero-order chi connectivity index (χ0) is 14.4. The molecule has 1 aromatic heterocycles.